The van der Waals surface area contributed by atoms with Crippen molar-refractivity contribution >= 4 is 10.8 Å². The van der Waals surface area contributed by atoms with Crippen molar-refractivity contribution in [3.63, 3.8) is 0 Å². The molecule has 0 radical (unpaired) electrons. The number of benzene rings is 2. The molecule has 1 nitrogen and oxygen atoms in total. The Kier molecular flexibility index (Phi) is 3.46. The first kappa shape index (κ1) is 15.1. The first-order chi connectivity index (χ1) is 9.09. The molecule has 0 aliphatic rings. The van der Waals surface area contributed by atoms with Crippen molar-refractivity contribution in [3.8, 4) is 0 Å². The Bertz CT molecular complexity index is 592. The van der Waals surface area contributed by atoms with E-state index in [2.05, 4.69) is 65.8 Å². The zero-order valence-corrected chi connectivity index (χ0v) is 13.5. The molecule has 0 aliphatic carbocycles. The van der Waals surface area contributed by atoms with Crippen molar-refractivity contribution in [2.45, 2.75) is 47.1 Å². The van der Waals surface area contributed by atoms with Crippen molar-refractivity contribution < 1.29 is 5.11 Å². The largest absolute Gasteiger partial charge is 0.384 e. The molecule has 0 bridgehead atoms. The van der Waals surface area contributed by atoms with Crippen LogP contribution in [0.1, 0.15) is 47.1 Å². The van der Waals surface area contributed by atoms with Gasteiger partial charge in [0.05, 0.1) is 5.60 Å². The van der Waals surface area contributed by atoms with E-state index in [1.54, 1.807) is 0 Å². The molecule has 0 fully saturated rings. The third-order valence-corrected chi connectivity index (χ3v) is 4.35. The lowest BCUT2D eigenvalue weighted by Crippen LogP contribution is -2.50. The first-order valence-electron chi connectivity index (χ1n) is 7.29. The van der Waals surface area contributed by atoms with Gasteiger partial charge in [0.25, 0.3) is 0 Å². The van der Waals surface area contributed by atoms with Crippen LogP contribution in [0, 0.1) is 10.8 Å². The molecule has 0 amide bonds. The second-order valence-electron chi connectivity index (χ2n) is 7.74. The highest BCUT2D eigenvalue weighted by atomic mass is 16.3. The summed E-state index contributed by atoms with van der Waals surface area (Å²) in [6.07, 6.45) is 0. The standard InChI is InChI=1S/C19H26O/c1-17(2,3)19(20,18(4,5)6)16-13-9-11-14-10-7-8-12-15(14)16/h7-13,20H,1-6H3. The fourth-order valence-corrected chi connectivity index (χ4v) is 3.47. The van der Waals surface area contributed by atoms with Crippen LogP contribution >= 0.6 is 0 Å². The summed E-state index contributed by atoms with van der Waals surface area (Å²) in [7, 11) is 0. The lowest BCUT2D eigenvalue weighted by molar-refractivity contribution is -0.144. The molecule has 0 heterocycles. The van der Waals surface area contributed by atoms with Crippen LogP contribution in [0.2, 0.25) is 0 Å². The predicted molar refractivity (Wildman–Crippen MR) is 86.8 cm³/mol. The smallest absolute Gasteiger partial charge is 0.0998 e. The minimum absolute atomic E-state index is 0.255. The monoisotopic (exact) mass is 270 g/mol. The van der Waals surface area contributed by atoms with Crippen LogP contribution in [0.5, 0.6) is 0 Å². The maximum atomic E-state index is 11.7. The zero-order valence-electron chi connectivity index (χ0n) is 13.5. The SMILES string of the molecule is CC(C)(C)C(O)(c1cccc2ccccc12)C(C)(C)C. The van der Waals surface area contributed by atoms with Crippen molar-refractivity contribution in [1.29, 1.82) is 0 Å². The third-order valence-electron chi connectivity index (χ3n) is 4.35. The van der Waals surface area contributed by atoms with Crippen molar-refractivity contribution in [3.05, 3.63) is 48.0 Å². The van der Waals surface area contributed by atoms with E-state index in [0.717, 1.165) is 10.9 Å². The molecular formula is C19H26O. The van der Waals surface area contributed by atoms with E-state index in [-0.39, 0.29) is 10.8 Å². The molecule has 1 N–H and O–H groups in total. The maximum absolute atomic E-state index is 11.7. The quantitative estimate of drug-likeness (QED) is 0.762. The molecule has 0 saturated carbocycles. The van der Waals surface area contributed by atoms with Crippen LogP contribution in [0.25, 0.3) is 10.8 Å². The van der Waals surface area contributed by atoms with E-state index < -0.39 is 5.60 Å². The molecule has 20 heavy (non-hydrogen) atoms. The topological polar surface area (TPSA) is 20.2 Å². The van der Waals surface area contributed by atoms with Crippen LogP contribution in [0.15, 0.2) is 42.5 Å². The van der Waals surface area contributed by atoms with Gasteiger partial charge in [-0.2, -0.15) is 0 Å². The van der Waals surface area contributed by atoms with E-state index >= 15 is 0 Å². The van der Waals surface area contributed by atoms with E-state index in [1.165, 1.54) is 5.39 Å². The van der Waals surface area contributed by atoms with Crippen LogP contribution in [0.3, 0.4) is 0 Å². The van der Waals surface area contributed by atoms with Crippen LogP contribution < -0.4 is 0 Å². The van der Waals surface area contributed by atoms with E-state index in [9.17, 15) is 5.11 Å². The first-order valence-corrected chi connectivity index (χ1v) is 7.29. The highest BCUT2D eigenvalue weighted by Crippen LogP contribution is 2.52. The zero-order chi connectivity index (χ0) is 15.2. The second-order valence-corrected chi connectivity index (χ2v) is 7.74. The third kappa shape index (κ3) is 2.14. The summed E-state index contributed by atoms with van der Waals surface area (Å²) in [5.41, 5.74) is -0.387. The summed E-state index contributed by atoms with van der Waals surface area (Å²) < 4.78 is 0. The molecule has 0 spiro atoms. The van der Waals surface area contributed by atoms with Crippen LogP contribution in [0.4, 0.5) is 0 Å². The molecule has 2 rings (SSSR count). The molecular weight excluding hydrogens is 244 g/mol. The molecule has 0 atom stereocenters. The lowest BCUT2D eigenvalue weighted by atomic mass is 9.59. The van der Waals surface area contributed by atoms with Gasteiger partial charge in [0, 0.05) is 0 Å². The average molecular weight is 270 g/mol. The van der Waals surface area contributed by atoms with Gasteiger partial charge in [-0.25, -0.2) is 0 Å². The summed E-state index contributed by atoms with van der Waals surface area (Å²) in [5.74, 6) is 0. The molecule has 0 aliphatic heterocycles. The Morgan fingerprint density at radius 3 is 1.75 bits per heavy atom. The maximum Gasteiger partial charge on any atom is 0.0998 e. The molecule has 2 aromatic rings. The second kappa shape index (κ2) is 4.60. The minimum Gasteiger partial charge on any atom is -0.384 e. The van der Waals surface area contributed by atoms with E-state index in [1.807, 2.05) is 18.2 Å². The van der Waals surface area contributed by atoms with Gasteiger partial charge in [0.15, 0.2) is 0 Å². The Morgan fingerprint density at radius 2 is 1.20 bits per heavy atom. The molecule has 2 aromatic carbocycles. The summed E-state index contributed by atoms with van der Waals surface area (Å²) >= 11 is 0. The predicted octanol–water partition coefficient (Wildman–Crippen LogP) is 5.12. The summed E-state index contributed by atoms with van der Waals surface area (Å²) in [6.45, 7) is 12.7. The van der Waals surface area contributed by atoms with Gasteiger partial charge in [-0.1, -0.05) is 84.0 Å². The minimum atomic E-state index is -0.902. The molecule has 0 aromatic heterocycles. The van der Waals surface area contributed by atoms with Crippen LogP contribution in [-0.2, 0) is 5.60 Å². The Labute approximate surface area is 122 Å². The van der Waals surface area contributed by atoms with E-state index in [0.29, 0.717) is 0 Å². The van der Waals surface area contributed by atoms with Gasteiger partial charge in [-0.3, -0.25) is 0 Å². The number of aliphatic hydroxyl groups is 1. The van der Waals surface area contributed by atoms with Crippen molar-refractivity contribution in [2.24, 2.45) is 10.8 Å². The summed E-state index contributed by atoms with van der Waals surface area (Å²) in [5, 5.41) is 14.0. The summed E-state index contributed by atoms with van der Waals surface area (Å²) in [6, 6.07) is 14.5. The molecule has 1 heteroatoms. The number of fused-ring (bicyclic) bond motifs is 1. The lowest BCUT2D eigenvalue weighted by Gasteiger charge is -2.50. The molecule has 0 unspecified atom stereocenters. The molecule has 108 valence electrons. The van der Waals surface area contributed by atoms with E-state index in [4.69, 9.17) is 0 Å². The fraction of sp³-hybridized carbons (Fsp3) is 0.474. The Hall–Kier alpha value is -1.34. The van der Waals surface area contributed by atoms with Gasteiger partial charge < -0.3 is 5.11 Å². The number of hydrogen-bond acceptors (Lipinski definition) is 1. The van der Waals surface area contributed by atoms with Gasteiger partial charge in [-0.15, -0.1) is 0 Å². The highest BCUT2D eigenvalue weighted by molar-refractivity contribution is 5.86. The van der Waals surface area contributed by atoms with Gasteiger partial charge in [0.1, 0.15) is 0 Å². The Balaban J connectivity index is 2.84. The van der Waals surface area contributed by atoms with Crippen molar-refractivity contribution in [2.75, 3.05) is 0 Å². The fourth-order valence-electron chi connectivity index (χ4n) is 3.47. The normalized spacial score (nSPS) is 13.8. The number of hydrogen-bond donors (Lipinski definition) is 1. The average Bonchev–Trinajstić information content (AvgIpc) is 2.34. The van der Waals surface area contributed by atoms with Gasteiger partial charge in [0.2, 0.25) is 0 Å². The van der Waals surface area contributed by atoms with Gasteiger partial charge >= 0.3 is 0 Å². The highest BCUT2D eigenvalue weighted by Gasteiger charge is 2.51. The van der Waals surface area contributed by atoms with Crippen molar-refractivity contribution in [1.82, 2.24) is 0 Å². The Morgan fingerprint density at radius 1 is 0.700 bits per heavy atom. The number of rotatable bonds is 1. The molecule has 0 saturated heterocycles. The van der Waals surface area contributed by atoms with Crippen LogP contribution in [-0.4, -0.2) is 5.11 Å². The van der Waals surface area contributed by atoms with Gasteiger partial charge in [-0.05, 0) is 27.2 Å². The summed E-state index contributed by atoms with van der Waals surface area (Å²) in [4.78, 5) is 0.